The van der Waals surface area contributed by atoms with Crippen LogP contribution in [0.15, 0.2) is 53.1 Å². The van der Waals surface area contributed by atoms with Gasteiger partial charge in [-0.15, -0.1) is 10.2 Å². The Bertz CT molecular complexity index is 1050. The minimum absolute atomic E-state index is 0.244. The summed E-state index contributed by atoms with van der Waals surface area (Å²) >= 11 is 0. The highest BCUT2D eigenvalue weighted by molar-refractivity contribution is 5.99. The fraction of sp³-hybridized carbons (Fsp3) is 0.167. The number of hydrogen-bond acceptors (Lipinski definition) is 5. The van der Waals surface area contributed by atoms with Crippen LogP contribution >= 0.6 is 0 Å². The molecule has 7 heteroatoms. The van der Waals surface area contributed by atoms with Gasteiger partial charge in [-0.05, 0) is 18.2 Å². The number of fused-ring (bicyclic) bond motifs is 2. The number of furan rings is 1. The zero-order valence-corrected chi connectivity index (χ0v) is 13.6. The summed E-state index contributed by atoms with van der Waals surface area (Å²) in [5.41, 5.74) is 2.13. The van der Waals surface area contributed by atoms with Crippen LogP contribution in [-0.2, 0) is 17.9 Å². The molecule has 0 aliphatic rings. The molecule has 0 aliphatic carbocycles. The molecule has 126 valence electrons. The Morgan fingerprint density at radius 3 is 2.92 bits per heavy atom. The first-order valence-electron chi connectivity index (χ1n) is 7.84. The van der Waals surface area contributed by atoms with E-state index in [-0.39, 0.29) is 18.2 Å². The van der Waals surface area contributed by atoms with E-state index < -0.39 is 0 Å². The smallest absolute Gasteiger partial charge is 0.287 e. The Morgan fingerprint density at radius 1 is 1.20 bits per heavy atom. The first kappa shape index (κ1) is 15.3. The van der Waals surface area contributed by atoms with Crippen molar-refractivity contribution in [3.8, 4) is 0 Å². The topological polar surface area (TPSA) is 81.7 Å². The van der Waals surface area contributed by atoms with Crippen molar-refractivity contribution in [2.75, 3.05) is 7.11 Å². The molecule has 1 aromatic carbocycles. The van der Waals surface area contributed by atoms with E-state index in [1.165, 1.54) is 0 Å². The quantitative estimate of drug-likeness (QED) is 0.606. The van der Waals surface area contributed by atoms with Crippen molar-refractivity contribution in [2.24, 2.45) is 0 Å². The molecular formula is C18H16N4O3. The maximum Gasteiger partial charge on any atom is 0.287 e. The van der Waals surface area contributed by atoms with Crippen LogP contribution in [0, 0.1) is 0 Å². The summed E-state index contributed by atoms with van der Waals surface area (Å²) in [6, 6.07) is 13.1. The zero-order chi connectivity index (χ0) is 17.2. The van der Waals surface area contributed by atoms with Gasteiger partial charge >= 0.3 is 0 Å². The number of nitrogens with zero attached hydrogens (tertiary/aromatic N) is 3. The van der Waals surface area contributed by atoms with Gasteiger partial charge in [0.05, 0.1) is 13.2 Å². The Labute approximate surface area is 143 Å². The second-order valence-corrected chi connectivity index (χ2v) is 5.57. The minimum Gasteiger partial charge on any atom is -0.451 e. The lowest BCUT2D eigenvalue weighted by molar-refractivity contribution is 0.0917. The van der Waals surface area contributed by atoms with Gasteiger partial charge in [0.15, 0.2) is 17.2 Å². The lowest BCUT2D eigenvalue weighted by Crippen LogP contribution is -2.24. The molecule has 0 aliphatic heterocycles. The van der Waals surface area contributed by atoms with Gasteiger partial charge in [-0.25, -0.2) is 0 Å². The first-order chi connectivity index (χ1) is 12.3. The summed E-state index contributed by atoms with van der Waals surface area (Å²) in [6.45, 7) is 0.543. The van der Waals surface area contributed by atoms with Gasteiger partial charge in [-0.2, -0.15) is 0 Å². The van der Waals surface area contributed by atoms with Crippen molar-refractivity contribution >= 4 is 22.5 Å². The van der Waals surface area contributed by atoms with Gasteiger partial charge in [-0.3, -0.25) is 9.20 Å². The lowest BCUT2D eigenvalue weighted by atomic mass is 10.1. The molecule has 0 unspecified atom stereocenters. The molecule has 0 fully saturated rings. The molecule has 7 nitrogen and oxygen atoms in total. The van der Waals surface area contributed by atoms with E-state index >= 15 is 0 Å². The van der Waals surface area contributed by atoms with E-state index in [0.717, 1.165) is 16.6 Å². The molecule has 1 amide bonds. The van der Waals surface area contributed by atoms with E-state index in [2.05, 4.69) is 15.5 Å². The van der Waals surface area contributed by atoms with E-state index in [1.807, 2.05) is 53.1 Å². The van der Waals surface area contributed by atoms with Gasteiger partial charge < -0.3 is 14.5 Å². The van der Waals surface area contributed by atoms with Crippen molar-refractivity contribution in [1.29, 1.82) is 0 Å². The predicted octanol–water partition coefficient (Wildman–Crippen LogP) is 2.55. The zero-order valence-electron chi connectivity index (χ0n) is 13.6. The molecule has 0 atom stereocenters. The third kappa shape index (κ3) is 2.74. The van der Waals surface area contributed by atoms with Gasteiger partial charge in [0, 0.05) is 24.3 Å². The highest BCUT2D eigenvalue weighted by atomic mass is 16.5. The van der Waals surface area contributed by atoms with Crippen LogP contribution in [-0.4, -0.2) is 27.6 Å². The van der Waals surface area contributed by atoms with Crippen LogP contribution < -0.4 is 5.32 Å². The second-order valence-electron chi connectivity index (χ2n) is 5.57. The molecule has 0 saturated heterocycles. The summed E-state index contributed by atoms with van der Waals surface area (Å²) in [5.74, 6) is 0.598. The number of para-hydroxylation sites is 1. The monoisotopic (exact) mass is 336 g/mol. The molecule has 4 rings (SSSR count). The van der Waals surface area contributed by atoms with E-state index in [4.69, 9.17) is 9.15 Å². The van der Waals surface area contributed by atoms with Crippen molar-refractivity contribution in [2.45, 2.75) is 13.2 Å². The number of aromatic nitrogens is 3. The third-order valence-corrected chi connectivity index (χ3v) is 3.98. The number of methoxy groups -OCH3 is 1. The number of hydrogen-bond donors (Lipinski definition) is 1. The molecule has 25 heavy (non-hydrogen) atoms. The Balaban J connectivity index is 1.60. The summed E-state index contributed by atoms with van der Waals surface area (Å²) < 4.78 is 12.8. The molecule has 0 spiro atoms. The van der Waals surface area contributed by atoms with E-state index in [1.54, 1.807) is 7.11 Å². The van der Waals surface area contributed by atoms with Crippen molar-refractivity contribution in [3.63, 3.8) is 0 Å². The van der Waals surface area contributed by atoms with Crippen LogP contribution in [0.3, 0.4) is 0 Å². The Morgan fingerprint density at radius 2 is 2.04 bits per heavy atom. The van der Waals surface area contributed by atoms with Gasteiger partial charge in [0.2, 0.25) is 0 Å². The van der Waals surface area contributed by atoms with Gasteiger partial charge in [0.1, 0.15) is 5.58 Å². The van der Waals surface area contributed by atoms with Crippen LogP contribution in [0.25, 0.3) is 16.6 Å². The van der Waals surface area contributed by atoms with E-state index in [9.17, 15) is 4.79 Å². The largest absolute Gasteiger partial charge is 0.451 e. The van der Waals surface area contributed by atoms with Gasteiger partial charge in [0.25, 0.3) is 5.91 Å². The molecule has 0 saturated carbocycles. The van der Waals surface area contributed by atoms with Gasteiger partial charge in [-0.1, -0.05) is 24.3 Å². The average molecular weight is 336 g/mol. The van der Waals surface area contributed by atoms with Crippen LogP contribution in [0.2, 0.25) is 0 Å². The summed E-state index contributed by atoms with van der Waals surface area (Å²) in [4.78, 5) is 12.6. The summed E-state index contributed by atoms with van der Waals surface area (Å²) in [5, 5.41) is 11.9. The van der Waals surface area contributed by atoms with Crippen molar-refractivity contribution in [1.82, 2.24) is 19.9 Å². The Kier molecular flexibility index (Phi) is 3.91. The molecule has 4 aromatic rings. The maximum absolute atomic E-state index is 12.6. The van der Waals surface area contributed by atoms with E-state index in [0.29, 0.717) is 18.0 Å². The number of amides is 1. The van der Waals surface area contributed by atoms with Crippen LogP contribution in [0.1, 0.15) is 21.9 Å². The highest BCUT2D eigenvalue weighted by Gasteiger charge is 2.20. The number of nitrogens with one attached hydrogen (secondary N) is 1. The second kappa shape index (κ2) is 6.37. The highest BCUT2D eigenvalue weighted by Crippen LogP contribution is 2.26. The number of carbonyl (C=O) groups excluding carboxylic acids is 1. The number of carbonyl (C=O) groups is 1. The van der Waals surface area contributed by atoms with Crippen molar-refractivity contribution < 1.29 is 13.9 Å². The average Bonchev–Trinajstić information content (AvgIpc) is 3.22. The number of ether oxygens (including phenoxy) is 1. The standard InChI is InChI=1S/C18H16N4O3/c1-24-11-13-12-6-2-3-7-14(12)25-17(13)18(23)19-10-16-21-20-15-8-4-5-9-22(15)16/h2-9H,10-11H2,1H3,(H,19,23). The predicted molar refractivity (Wildman–Crippen MR) is 91.1 cm³/mol. The molecule has 1 N–H and O–H groups in total. The number of benzene rings is 1. The number of pyridine rings is 1. The summed E-state index contributed by atoms with van der Waals surface area (Å²) in [6.07, 6.45) is 1.86. The molecule has 0 bridgehead atoms. The minimum atomic E-state index is -0.309. The molecule has 3 heterocycles. The Hall–Kier alpha value is -3.19. The first-order valence-corrected chi connectivity index (χ1v) is 7.84. The fourth-order valence-corrected chi connectivity index (χ4v) is 2.82. The molecule has 3 aromatic heterocycles. The van der Waals surface area contributed by atoms with Crippen LogP contribution in [0.4, 0.5) is 0 Å². The third-order valence-electron chi connectivity index (χ3n) is 3.98. The summed E-state index contributed by atoms with van der Waals surface area (Å²) in [7, 11) is 1.59. The molecule has 0 radical (unpaired) electrons. The SMILES string of the molecule is COCc1c(C(=O)NCc2nnc3ccccn23)oc2ccccc12. The maximum atomic E-state index is 12.6. The van der Waals surface area contributed by atoms with Crippen molar-refractivity contribution in [3.05, 3.63) is 65.8 Å². The molecular weight excluding hydrogens is 320 g/mol. The van der Waals surface area contributed by atoms with Crippen LogP contribution in [0.5, 0.6) is 0 Å². The number of rotatable bonds is 5. The fourth-order valence-electron chi connectivity index (χ4n) is 2.82. The lowest BCUT2D eigenvalue weighted by Gasteiger charge is -2.04. The normalized spacial score (nSPS) is 11.2.